The van der Waals surface area contributed by atoms with Gasteiger partial charge in [-0.2, -0.15) is 0 Å². The van der Waals surface area contributed by atoms with Crippen molar-refractivity contribution in [3.05, 3.63) is 45.6 Å². The lowest BCUT2D eigenvalue weighted by Crippen LogP contribution is -2.00. The predicted octanol–water partition coefficient (Wildman–Crippen LogP) is 2.53. The number of pyridine rings is 1. The molecule has 0 unspecified atom stereocenters. The maximum absolute atomic E-state index is 11.7. The van der Waals surface area contributed by atoms with Crippen LogP contribution in [-0.2, 0) is 0 Å². The highest BCUT2D eigenvalue weighted by Gasteiger charge is 2.11. The zero-order chi connectivity index (χ0) is 9.97. The Morgan fingerprint density at radius 2 is 2.21 bits per heavy atom. The quantitative estimate of drug-likeness (QED) is 0.787. The first-order valence-corrected chi connectivity index (χ1v) is 5.41. The van der Waals surface area contributed by atoms with Gasteiger partial charge in [0.05, 0.1) is 4.88 Å². The van der Waals surface area contributed by atoms with Gasteiger partial charge in [0.2, 0.25) is 5.78 Å². The van der Waals surface area contributed by atoms with E-state index in [0.29, 0.717) is 10.6 Å². The zero-order valence-corrected chi connectivity index (χ0v) is 9.38. The van der Waals surface area contributed by atoms with Crippen LogP contribution in [0.15, 0.2) is 35.1 Å². The summed E-state index contributed by atoms with van der Waals surface area (Å²) in [6.45, 7) is 0. The van der Waals surface area contributed by atoms with Gasteiger partial charge in [-0.05, 0) is 45.7 Å². The summed E-state index contributed by atoms with van der Waals surface area (Å²) in [5.41, 5.74) is 0.442. The molecule has 2 heterocycles. The average Bonchev–Trinajstić information content (AvgIpc) is 2.71. The SMILES string of the molecule is O=C(c1ccc(Br)cn1)c1ccns1. The maximum atomic E-state index is 11.7. The standard InChI is InChI=1S/C9H5BrN2OS/c10-6-1-2-7(11-5-6)9(13)8-3-4-12-14-8/h1-5H. The largest absolute Gasteiger partial charge is 0.286 e. The molecule has 2 aromatic rings. The van der Waals surface area contributed by atoms with E-state index in [9.17, 15) is 4.79 Å². The number of aromatic nitrogens is 2. The van der Waals surface area contributed by atoms with E-state index in [1.807, 2.05) is 0 Å². The van der Waals surface area contributed by atoms with Crippen LogP contribution in [0.1, 0.15) is 15.4 Å². The van der Waals surface area contributed by atoms with Gasteiger partial charge in [0.25, 0.3) is 0 Å². The smallest absolute Gasteiger partial charge is 0.222 e. The minimum atomic E-state index is -0.0833. The molecule has 0 saturated heterocycles. The molecular formula is C9H5BrN2OS. The third kappa shape index (κ3) is 1.88. The summed E-state index contributed by atoms with van der Waals surface area (Å²) in [4.78, 5) is 16.3. The molecule has 0 saturated carbocycles. The number of hydrogen-bond donors (Lipinski definition) is 0. The van der Waals surface area contributed by atoms with E-state index in [-0.39, 0.29) is 5.78 Å². The van der Waals surface area contributed by atoms with Crippen LogP contribution in [0.3, 0.4) is 0 Å². The fourth-order valence-electron chi connectivity index (χ4n) is 0.969. The third-order valence-corrected chi connectivity index (χ3v) is 2.84. The molecule has 0 aliphatic carbocycles. The highest BCUT2D eigenvalue weighted by atomic mass is 79.9. The van der Waals surface area contributed by atoms with E-state index in [0.717, 1.165) is 4.47 Å². The Balaban J connectivity index is 2.33. The molecule has 0 atom stereocenters. The second-order valence-electron chi connectivity index (χ2n) is 2.57. The number of rotatable bonds is 2. The summed E-state index contributed by atoms with van der Waals surface area (Å²) < 4.78 is 4.73. The molecule has 2 rings (SSSR count). The number of carbonyl (C=O) groups is 1. The lowest BCUT2D eigenvalue weighted by atomic mass is 10.2. The van der Waals surface area contributed by atoms with Crippen LogP contribution in [-0.4, -0.2) is 15.1 Å². The van der Waals surface area contributed by atoms with Crippen molar-refractivity contribution in [2.24, 2.45) is 0 Å². The first kappa shape index (κ1) is 9.48. The minimum absolute atomic E-state index is 0.0833. The molecule has 0 aliphatic rings. The van der Waals surface area contributed by atoms with E-state index in [1.54, 1.807) is 30.6 Å². The fourth-order valence-corrected chi connectivity index (χ4v) is 1.75. The predicted molar refractivity (Wildman–Crippen MR) is 57.5 cm³/mol. The third-order valence-electron chi connectivity index (χ3n) is 1.62. The lowest BCUT2D eigenvalue weighted by Gasteiger charge is -1.95. The number of carbonyl (C=O) groups excluding carboxylic acids is 1. The summed E-state index contributed by atoms with van der Waals surface area (Å²) in [6, 6.07) is 5.17. The second-order valence-corrected chi connectivity index (χ2v) is 4.32. The molecule has 2 aromatic heterocycles. The number of nitrogens with zero attached hydrogens (tertiary/aromatic N) is 2. The molecule has 5 heteroatoms. The van der Waals surface area contributed by atoms with Gasteiger partial charge in [-0.25, -0.2) is 4.37 Å². The van der Waals surface area contributed by atoms with E-state index >= 15 is 0 Å². The molecule has 0 radical (unpaired) electrons. The molecule has 0 aromatic carbocycles. The van der Waals surface area contributed by atoms with Gasteiger partial charge in [-0.15, -0.1) is 0 Å². The van der Waals surface area contributed by atoms with Crippen LogP contribution in [0.2, 0.25) is 0 Å². The Hall–Kier alpha value is -1.07. The van der Waals surface area contributed by atoms with Crippen LogP contribution >= 0.6 is 27.5 Å². The molecule has 70 valence electrons. The summed E-state index contributed by atoms with van der Waals surface area (Å²) in [6.07, 6.45) is 3.21. The van der Waals surface area contributed by atoms with Gasteiger partial charge in [-0.3, -0.25) is 9.78 Å². The van der Waals surface area contributed by atoms with Gasteiger partial charge in [-0.1, -0.05) is 0 Å². The fraction of sp³-hybridized carbons (Fsp3) is 0. The van der Waals surface area contributed by atoms with Gasteiger partial charge >= 0.3 is 0 Å². The molecule has 0 amide bonds. The number of halogens is 1. The van der Waals surface area contributed by atoms with Crippen LogP contribution in [0, 0.1) is 0 Å². The zero-order valence-electron chi connectivity index (χ0n) is 6.98. The molecule has 14 heavy (non-hydrogen) atoms. The average molecular weight is 269 g/mol. The van der Waals surface area contributed by atoms with Gasteiger partial charge in [0, 0.05) is 16.9 Å². The molecule has 0 aliphatic heterocycles. The number of ketones is 1. The minimum Gasteiger partial charge on any atom is -0.286 e. The van der Waals surface area contributed by atoms with Crippen LogP contribution in [0.5, 0.6) is 0 Å². The first-order chi connectivity index (χ1) is 6.77. The lowest BCUT2D eigenvalue weighted by molar-refractivity contribution is 0.103. The Labute approximate surface area is 93.1 Å². The van der Waals surface area contributed by atoms with E-state index in [1.165, 1.54) is 11.5 Å². The molecular weight excluding hydrogens is 264 g/mol. The van der Waals surface area contributed by atoms with Crippen LogP contribution in [0.4, 0.5) is 0 Å². The monoisotopic (exact) mass is 268 g/mol. The summed E-state index contributed by atoms with van der Waals surface area (Å²) in [7, 11) is 0. The Morgan fingerprint density at radius 1 is 1.36 bits per heavy atom. The number of hydrogen-bond acceptors (Lipinski definition) is 4. The molecule has 0 fully saturated rings. The van der Waals surface area contributed by atoms with Crippen molar-refractivity contribution >= 4 is 33.2 Å². The summed E-state index contributed by atoms with van der Waals surface area (Å²) in [5, 5.41) is 0. The van der Waals surface area contributed by atoms with E-state index < -0.39 is 0 Å². The maximum Gasteiger partial charge on any atom is 0.222 e. The van der Waals surface area contributed by atoms with E-state index in [2.05, 4.69) is 25.3 Å². The molecule has 0 N–H and O–H groups in total. The van der Waals surface area contributed by atoms with Crippen LogP contribution in [0.25, 0.3) is 0 Å². The van der Waals surface area contributed by atoms with Crippen molar-refractivity contribution < 1.29 is 4.79 Å². The molecule has 0 bridgehead atoms. The van der Waals surface area contributed by atoms with Crippen molar-refractivity contribution in [3.8, 4) is 0 Å². The summed E-state index contributed by atoms with van der Waals surface area (Å²) in [5.74, 6) is -0.0833. The van der Waals surface area contributed by atoms with Crippen molar-refractivity contribution in [2.45, 2.75) is 0 Å². The Kier molecular flexibility index (Phi) is 2.69. The molecule has 3 nitrogen and oxygen atoms in total. The first-order valence-electron chi connectivity index (χ1n) is 3.84. The van der Waals surface area contributed by atoms with Crippen molar-refractivity contribution in [1.29, 1.82) is 0 Å². The molecule has 0 spiro atoms. The topological polar surface area (TPSA) is 42.9 Å². The second kappa shape index (κ2) is 3.98. The highest BCUT2D eigenvalue weighted by molar-refractivity contribution is 9.10. The van der Waals surface area contributed by atoms with Crippen molar-refractivity contribution in [1.82, 2.24) is 9.36 Å². The van der Waals surface area contributed by atoms with E-state index in [4.69, 9.17) is 0 Å². The van der Waals surface area contributed by atoms with Gasteiger partial charge in [0.15, 0.2) is 0 Å². The van der Waals surface area contributed by atoms with Crippen molar-refractivity contribution in [2.75, 3.05) is 0 Å². The summed E-state index contributed by atoms with van der Waals surface area (Å²) >= 11 is 4.44. The van der Waals surface area contributed by atoms with Crippen LogP contribution < -0.4 is 0 Å². The Bertz CT molecular complexity index is 438. The van der Waals surface area contributed by atoms with Gasteiger partial charge < -0.3 is 0 Å². The normalized spacial score (nSPS) is 10.1. The van der Waals surface area contributed by atoms with Crippen molar-refractivity contribution in [3.63, 3.8) is 0 Å². The Morgan fingerprint density at radius 3 is 2.79 bits per heavy atom. The highest BCUT2D eigenvalue weighted by Crippen LogP contribution is 2.13. The van der Waals surface area contributed by atoms with Gasteiger partial charge in [0.1, 0.15) is 5.69 Å².